The van der Waals surface area contributed by atoms with Crippen molar-refractivity contribution in [2.75, 3.05) is 0 Å². The maximum Gasteiger partial charge on any atom is 0.0965 e. The highest BCUT2D eigenvalue weighted by Gasteiger charge is 1.97. The summed E-state index contributed by atoms with van der Waals surface area (Å²) < 4.78 is 0. The van der Waals surface area contributed by atoms with Gasteiger partial charge in [0.15, 0.2) is 0 Å². The Morgan fingerprint density at radius 1 is 1.50 bits per heavy atom. The molecule has 0 amide bonds. The fraction of sp³-hybridized carbons (Fsp3) is 0.222. The lowest BCUT2D eigenvalue weighted by molar-refractivity contribution is 1.40. The van der Waals surface area contributed by atoms with Crippen LogP contribution < -0.4 is 5.73 Å². The van der Waals surface area contributed by atoms with Crippen LogP contribution in [-0.4, -0.2) is 5.84 Å². The quantitative estimate of drug-likeness (QED) is 0.526. The highest BCUT2D eigenvalue weighted by atomic mass is 35.5. The Kier molecular flexibility index (Phi) is 2.71. The third-order valence-corrected chi connectivity index (χ3v) is 1.72. The molecule has 0 heterocycles. The molecular weight excluding hydrogens is 172 g/mol. The molecule has 2 nitrogen and oxygen atoms in total. The second kappa shape index (κ2) is 3.59. The molecule has 0 spiro atoms. The smallest absolute Gasteiger partial charge is 0.0965 e. The van der Waals surface area contributed by atoms with Gasteiger partial charge < -0.3 is 5.73 Å². The van der Waals surface area contributed by atoms with Crippen LogP contribution in [0.1, 0.15) is 12.5 Å². The zero-order chi connectivity index (χ0) is 9.14. The number of rotatable bonds is 1. The predicted molar refractivity (Wildman–Crippen MR) is 53.1 cm³/mol. The zero-order valence-corrected chi connectivity index (χ0v) is 7.89. The van der Waals surface area contributed by atoms with Crippen molar-refractivity contribution in [3.05, 3.63) is 28.8 Å². The standard InChI is InChI=1S/C9H11ClN2/c1-6-3-4-8(10)9(5-6)12-7(2)11/h3-5H,1-2H3,(H2,11,12). The Bertz CT molecular complexity index is 314. The summed E-state index contributed by atoms with van der Waals surface area (Å²) in [4.78, 5) is 4.08. The van der Waals surface area contributed by atoms with Crippen molar-refractivity contribution in [1.29, 1.82) is 0 Å². The van der Waals surface area contributed by atoms with Crippen molar-refractivity contribution >= 4 is 23.1 Å². The molecule has 64 valence electrons. The molecule has 2 N–H and O–H groups in total. The van der Waals surface area contributed by atoms with Crippen LogP contribution in [0.5, 0.6) is 0 Å². The minimum Gasteiger partial charge on any atom is -0.387 e. The van der Waals surface area contributed by atoms with Crippen LogP contribution in [0.25, 0.3) is 0 Å². The maximum absolute atomic E-state index is 5.88. The lowest BCUT2D eigenvalue weighted by Gasteiger charge is -1.99. The number of amidine groups is 1. The van der Waals surface area contributed by atoms with Crippen molar-refractivity contribution in [2.45, 2.75) is 13.8 Å². The van der Waals surface area contributed by atoms with E-state index in [1.54, 1.807) is 6.92 Å². The molecule has 0 aromatic heterocycles. The maximum atomic E-state index is 5.88. The van der Waals surface area contributed by atoms with E-state index in [1.165, 1.54) is 0 Å². The molecule has 0 unspecified atom stereocenters. The molecule has 0 fully saturated rings. The number of hydrogen-bond donors (Lipinski definition) is 1. The van der Waals surface area contributed by atoms with Crippen LogP contribution in [0.3, 0.4) is 0 Å². The molecule has 0 saturated carbocycles. The van der Waals surface area contributed by atoms with E-state index in [1.807, 2.05) is 25.1 Å². The van der Waals surface area contributed by atoms with Gasteiger partial charge in [0, 0.05) is 0 Å². The molecule has 12 heavy (non-hydrogen) atoms. The van der Waals surface area contributed by atoms with Gasteiger partial charge in [-0.2, -0.15) is 0 Å². The molecule has 1 aromatic carbocycles. The summed E-state index contributed by atoms with van der Waals surface area (Å²) in [6.45, 7) is 3.72. The number of hydrogen-bond acceptors (Lipinski definition) is 1. The van der Waals surface area contributed by atoms with Gasteiger partial charge in [0.05, 0.1) is 16.5 Å². The number of nitrogens with zero attached hydrogens (tertiary/aromatic N) is 1. The first-order valence-electron chi connectivity index (χ1n) is 3.66. The molecule has 0 radical (unpaired) electrons. The van der Waals surface area contributed by atoms with Gasteiger partial charge >= 0.3 is 0 Å². The van der Waals surface area contributed by atoms with Gasteiger partial charge in [0.25, 0.3) is 0 Å². The largest absolute Gasteiger partial charge is 0.387 e. The first kappa shape index (κ1) is 9.07. The summed E-state index contributed by atoms with van der Waals surface area (Å²) in [5.41, 5.74) is 7.29. The van der Waals surface area contributed by atoms with Gasteiger partial charge in [-0.15, -0.1) is 0 Å². The first-order valence-corrected chi connectivity index (χ1v) is 4.04. The fourth-order valence-electron chi connectivity index (χ4n) is 0.898. The third kappa shape index (κ3) is 2.24. The van der Waals surface area contributed by atoms with Crippen LogP contribution in [0.2, 0.25) is 5.02 Å². The van der Waals surface area contributed by atoms with Crippen LogP contribution in [0.4, 0.5) is 5.69 Å². The van der Waals surface area contributed by atoms with E-state index in [2.05, 4.69) is 4.99 Å². The molecule has 3 heteroatoms. The molecule has 1 rings (SSSR count). The van der Waals surface area contributed by atoms with E-state index in [9.17, 15) is 0 Å². The van der Waals surface area contributed by atoms with Crippen LogP contribution in [0, 0.1) is 6.92 Å². The minimum atomic E-state index is 0.516. The second-order valence-corrected chi connectivity index (χ2v) is 3.12. The average Bonchev–Trinajstić information content (AvgIpc) is 1.96. The van der Waals surface area contributed by atoms with Gasteiger partial charge in [-0.05, 0) is 31.5 Å². The van der Waals surface area contributed by atoms with E-state index >= 15 is 0 Å². The molecule has 1 aromatic rings. The van der Waals surface area contributed by atoms with Gasteiger partial charge in [-0.3, -0.25) is 0 Å². The Labute approximate surface area is 77.1 Å². The number of aryl methyl sites for hydroxylation is 1. The van der Waals surface area contributed by atoms with Crippen molar-refractivity contribution in [2.24, 2.45) is 10.7 Å². The molecule has 0 aliphatic rings. The minimum absolute atomic E-state index is 0.516. The Morgan fingerprint density at radius 2 is 2.17 bits per heavy atom. The van der Waals surface area contributed by atoms with E-state index in [4.69, 9.17) is 17.3 Å². The summed E-state index contributed by atoms with van der Waals surface area (Å²) in [6.07, 6.45) is 0. The van der Waals surface area contributed by atoms with Crippen molar-refractivity contribution in [3.8, 4) is 0 Å². The Morgan fingerprint density at radius 3 is 2.75 bits per heavy atom. The van der Waals surface area contributed by atoms with E-state index in [-0.39, 0.29) is 0 Å². The lowest BCUT2D eigenvalue weighted by Crippen LogP contribution is -2.03. The zero-order valence-electron chi connectivity index (χ0n) is 7.13. The van der Waals surface area contributed by atoms with E-state index < -0.39 is 0 Å². The molecular formula is C9H11ClN2. The van der Waals surface area contributed by atoms with Crippen LogP contribution >= 0.6 is 11.6 Å². The monoisotopic (exact) mass is 182 g/mol. The van der Waals surface area contributed by atoms with Gasteiger partial charge in [-0.1, -0.05) is 17.7 Å². The van der Waals surface area contributed by atoms with Gasteiger partial charge in [-0.25, -0.2) is 4.99 Å². The second-order valence-electron chi connectivity index (χ2n) is 2.71. The average molecular weight is 183 g/mol. The predicted octanol–water partition coefficient (Wildman–Crippen LogP) is 2.66. The molecule has 0 bridgehead atoms. The van der Waals surface area contributed by atoms with E-state index in [0.29, 0.717) is 10.9 Å². The fourth-order valence-corrected chi connectivity index (χ4v) is 1.06. The Balaban J connectivity index is 3.14. The highest BCUT2D eigenvalue weighted by Crippen LogP contribution is 2.25. The summed E-state index contributed by atoms with van der Waals surface area (Å²) >= 11 is 5.88. The van der Waals surface area contributed by atoms with E-state index in [0.717, 1.165) is 11.3 Å². The van der Waals surface area contributed by atoms with Gasteiger partial charge in [0.1, 0.15) is 0 Å². The molecule has 0 saturated heterocycles. The molecule has 0 aliphatic carbocycles. The van der Waals surface area contributed by atoms with Crippen molar-refractivity contribution in [1.82, 2.24) is 0 Å². The number of aliphatic imine (C=N–C) groups is 1. The highest BCUT2D eigenvalue weighted by molar-refractivity contribution is 6.33. The molecule has 0 aliphatic heterocycles. The topological polar surface area (TPSA) is 38.4 Å². The Hall–Kier alpha value is -1.02. The van der Waals surface area contributed by atoms with Crippen LogP contribution in [-0.2, 0) is 0 Å². The van der Waals surface area contributed by atoms with Crippen molar-refractivity contribution in [3.63, 3.8) is 0 Å². The first-order chi connectivity index (χ1) is 5.59. The van der Waals surface area contributed by atoms with Crippen LogP contribution in [0.15, 0.2) is 23.2 Å². The summed E-state index contributed by atoms with van der Waals surface area (Å²) in [6, 6.07) is 5.66. The number of benzene rings is 1. The summed E-state index contributed by atoms with van der Waals surface area (Å²) in [7, 11) is 0. The SMILES string of the molecule is CC(N)=Nc1cc(C)ccc1Cl. The summed E-state index contributed by atoms with van der Waals surface area (Å²) in [5, 5.41) is 0.630. The normalized spacial score (nSPS) is 11.8. The number of halogens is 1. The number of nitrogens with two attached hydrogens (primary N) is 1. The third-order valence-electron chi connectivity index (χ3n) is 1.40. The molecule has 0 atom stereocenters. The summed E-state index contributed by atoms with van der Waals surface area (Å²) in [5.74, 6) is 0.516. The lowest BCUT2D eigenvalue weighted by atomic mass is 10.2. The van der Waals surface area contributed by atoms with Gasteiger partial charge in [0.2, 0.25) is 0 Å². The van der Waals surface area contributed by atoms with Crippen molar-refractivity contribution < 1.29 is 0 Å².